The summed E-state index contributed by atoms with van der Waals surface area (Å²) in [6, 6.07) is 37.4. The molecule has 4 aromatic rings. The maximum absolute atomic E-state index is 14.0. The Balaban J connectivity index is 1.30. The molecule has 2 amide bonds. The Labute approximate surface area is 251 Å². The second-order valence-corrected chi connectivity index (χ2v) is 13.1. The zero-order valence-corrected chi connectivity index (χ0v) is 24.8. The highest BCUT2D eigenvalue weighted by atomic mass is 32.2. The Morgan fingerprint density at radius 2 is 1.33 bits per heavy atom. The molecule has 2 unspecified atom stereocenters. The molecule has 6 nitrogen and oxygen atoms in total. The molecule has 0 aliphatic carbocycles. The van der Waals surface area contributed by atoms with Crippen molar-refractivity contribution in [1.82, 2.24) is 15.5 Å². The van der Waals surface area contributed by atoms with Crippen LogP contribution in [-0.4, -0.2) is 46.0 Å². The quantitative estimate of drug-likeness (QED) is 0.208. The van der Waals surface area contributed by atoms with Gasteiger partial charge in [-0.2, -0.15) is 0 Å². The molecule has 6 rings (SSSR count). The fraction of sp³-hybridized carbons (Fsp3) is 0.257. The average molecular weight is 578 g/mol. The van der Waals surface area contributed by atoms with Gasteiger partial charge in [0, 0.05) is 11.3 Å². The molecule has 0 bridgehead atoms. The maximum Gasteiger partial charge on any atom is 0.244 e. The Kier molecular flexibility index (Phi) is 7.56. The highest BCUT2D eigenvalue weighted by molar-refractivity contribution is 8.01. The lowest BCUT2D eigenvalue weighted by atomic mass is 9.76. The van der Waals surface area contributed by atoms with Crippen LogP contribution in [-0.2, 0) is 21.7 Å². The number of β-lactam (4-membered cyclic amide) rings is 1. The van der Waals surface area contributed by atoms with Gasteiger partial charge in [0.25, 0.3) is 0 Å². The van der Waals surface area contributed by atoms with E-state index in [0.29, 0.717) is 6.54 Å². The number of thioether (sulfide) groups is 1. The number of nitrogens with one attached hydrogen (secondary N) is 2. The summed E-state index contributed by atoms with van der Waals surface area (Å²) >= 11 is 1.68. The van der Waals surface area contributed by atoms with Crippen molar-refractivity contribution in [3.05, 3.63) is 138 Å². The molecule has 0 aromatic heterocycles. The maximum atomic E-state index is 14.0. The molecule has 0 spiro atoms. The zero-order chi connectivity index (χ0) is 29.3. The number of hydrogen-bond acceptors (Lipinski definition) is 5. The van der Waals surface area contributed by atoms with Crippen molar-refractivity contribution in [2.24, 2.45) is 0 Å². The Morgan fingerprint density at radius 3 is 1.81 bits per heavy atom. The standard InChI is InChI=1S/C35H35N3O3S/c1-34(2)30(31(39)36-23-24-19-21-28(41-3)22-20-24)38-32(40)29(33(38)42-34)37-35(25-13-7-4-8-14-25,26-15-9-5-10-16-26)27-17-11-6-12-18-27/h4-22,29-30,33,37H,23H2,1-3H3,(H,36,39)/t29?,30?,33-/m0/s1. The van der Waals surface area contributed by atoms with E-state index in [1.807, 2.05) is 78.9 Å². The van der Waals surface area contributed by atoms with Gasteiger partial charge in [-0.15, -0.1) is 11.8 Å². The first-order valence-corrected chi connectivity index (χ1v) is 15.1. The third-order valence-electron chi connectivity index (χ3n) is 8.31. The van der Waals surface area contributed by atoms with Crippen LogP contribution in [0.5, 0.6) is 5.75 Å². The number of carbonyl (C=O) groups excluding carboxylic acids is 2. The second kappa shape index (κ2) is 11.3. The number of ether oxygens (including phenoxy) is 1. The summed E-state index contributed by atoms with van der Waals surface area (Å²) in [5.74, 6) is 0.566. The lowest BCUT2D eigenvalue weighted by Crippen LogP contribution is -2.73. The van der Waals surface area contributed by atoms with E-state index >= 15 is 0 Å². The second-order valence-electron chi connectivity index (χ2n) is 11.3. The van der Waals surface area contributed by atoms with Crippen molar-refractivity contribution in [3.8, 4) is 5.75 Å². The van der Waals surface area contributed by atoms with Gasteiger partial charge in [-0.25, -0.2) is 0 Å². The first-order valence-electron chi connectivity index (χ1n) is 14.2. The number of nitrogens with zero attached hydrogens (tertiary/aromatic N) is 1. The molecular formula is C35H35N3O3S. The van der Waals surface area contributed by atoms with Crippen molar-refractivity contribution in [2.45, 2.75) is 48.1 Å². The monoisotopic (exact) mass is 577 g/mol. The minimum atomic E-state index is -0.768. The summed E-state index contributed by atoms with van der Waals surface area (Å²) in [6.07, 6.45) is 0. The van der Waals surface area contributed by atoms with E-state index in [9.17, 15) is 9.59 Å². The van der Waals surface area contributed by atoms with Crippen molar-refractivity contribution < 1.29 is 14.3 Å². The summed E-state index contributed by atoms with van der Waals surface area (Å²) in [5, 5.41) is 6.74. The molecule has 2 aliphatic rings. The van der Waals surface area contributed by atoms with Gasteiger partial charge in [0.2, 0.25) is 11.8 Å². The predicted molar refractivity (Wildman–Crippen MR) is 167 cm³/mol. The van der Waals surface area contributed by atoms with Crippen LogP contribution in [0.3, 0.4) is 0 Å². The van der Waals surface area contributed by atoms with Crippen LogP contribution >= 0.6 is 11.8 Å². The molecule has 2 heterocycles. The average Bonchev–Trinajstić information content (AvgIpc) is 3.29. The smallest absolute Gasteiger partial charge is 0.244 e. The van der Waals surface area contributed by atoms with Crippen LogP contribution in [0.2, 0.25) is 0 Å². The molecule has 42 heavy (non-hydrogen) atoms. The number of methoxy groups -OCH3 is 1. The first kappa shape index (κ1) is 28.1. The van der Waals surface area contributed by atoms with Crippen molar-refractivity contribution in [1.29, 1.82) is 0 Å². The number of hydrogen-bond donors (Lipinski definition) is 2. The summed E-state index contributed by atoms with van der Waals surface area (Å²) in [5.41, 5.74) is 3.34. The summed E-state index contributed by atoms with van der Waals surface area (Å²) in [6.45, 7) is 4.49. The highest BCUT2D eigenvalue weighted by Gasteiger charge is 2.64. The molecular weight excluding hydrogens is 542 g/mol. The molecule has 214 valence electrons. The van der Waals surface area contributed by atoms with Gasteiger partial charge in [0.15, 0.2) is 0 Å². The fourth-order valence-corrected chi connectivity index (χ4v) is 7.88. The molecule has 4 aromatic carbocycles. The molecule has 2 saturated heterocycles. The van der Waals surface area contributed by atoms with E-state index in [0.717, 1.165) is 28.0 Å². The Morgan fingerprint density at radius 1 is 0.833 bits per heavy atom. The van der Waals surface area contributed by atoms with E-state index in [-0.39, 0.29) is 17.2 Å². The topological polar surface area (TPSA) is 70.7 Å². The summed E-state index contributed by atoms with van der Waals surface area (Å²) < 4.78 is 4.77. The van der Waals surface area contributed by atoms with E-state index in [1.54, 1.807) is 23.8 Å². The molecule has 2 aliphatic heterocycles. The third kappa shape index (κ3) is 4.86. The first-order chi connectivity index (χ1) is 20.3. The molecule has 2 fully saturated rings. The number of carbonyl (C=O) groups is 2. The Hall–Kier alpha value is -4.07. The van der Waals surface area contributed by atoms with Crippen LogP contribution in [0.25, 0.3) is 0 Å². The van der Waals surface area contributed by atoms with Gasteiger partial charge in [-0.3, -0.25) is 14.9 Å². The van der Waals surface area contributed by atoms with Gasteiger partial charge in [0.1, 0.15) is 23.2 Å². The zero-order valence-electron chi connectivity index (χ0n) is 24.0. The van der Waals surface area contributed by atoms with E-state index in [1.165, 1.54) is 0 Å². The minimum Gasteiger partial charge on any atom is -0.497 e. The fourth-order valence-electron chi connectivity index (χ4n) is 6.25. The van der Waals surface area contributed by atoms with Crippen molar-refractivity contribution >= 4 is 23.6 Å². The Bertz CT molecular complexity index is 1450. The van der Waals surface area contributed by atoms with Crippen molar-refractivity contribution in [2.75, 3.05) is 7.11 Å². The van der Waals surface area contributed by atoms with Crippen LogP contribution in [0, 0.1) is 0 Å². The number of fused-ring (bicyclic) bond motifs is 1. The van der Waals surface area contributed by atoms with Crippen LogP contribution < -0.4 is 15.4 Å². The predicted octanol–water partition coefficient (Wildman–Crippen LogP) is 5.32. The molecule has 7 heteroatoms. The van der Waals surface area contributed by atoms with Crippen molar-refractivity contribution in [3.63, 3.8) is 0 Å². The summed E-state index contributed by atoms with van der Waals surface area (Å²) in [7, 11) is 1.63. The largest absolute Gasteiger partial charge is 0.497 e. The van der Waals surface area contributed by atoms with Crippen LogP contribution in [0.4, 0.5) is 0 Å². The number of amides is 2. The highest BCUT2D eigenvalue weighted by Crippen LogP contribution is 2.52. The minimum absolute atomic E-state index is 0.0603. The van der Waals surface area contributed by atoms with Gasteiger partial charge < -0.3 is 15.0 Å². The van der Waals surface area contributed by atoms with Gasteiger partial charge in [0.05, 0.1) is 12.6 Å². The molecule has 2 N–H and O–H groups in total. The molecule has 0 radical (unpaired) electrons. The van der Waals surface area contributed by atoms with Gasteiger partial charge in [-0.1, -0.05) is 103 Å². The van der Waals surface area contributed by atoms with Gasteiger partial charge in [-0.05, 0) is 48.2 Å². The van der Waals surface area contributed by atoms with Gasteiger partial charge >= 0.3 is 0 Å². The van der Waals surface area contributed by atoms with Crippen LogP contribution in [0.15, 0.2) is 115 Å². The molecule has 0 saturated carbocycles. The van der Waals surface area contributed by atoms with E-state index in [4.69, 9.17) is 4.74 Å². The third-order valence-corrected chi connectivity index (χ3v) is 9.88. The molecule has 3 atom stereocenters. The SMILES string of the molecule is COc1ccc(CNC(=O)C2N3C(=O)C(NC(c4ccccc4)(c4ccccc4)c4ccccc4)[C@@H]3SC2(C)C)cc1. The lowest BCUT2D eigenvalue weighted by molar-refractivity contribution is -0.154. The van der Waals surface area contributed by atoms with E-state index in [2.05, 4.69) is 60.9 Å². The van der Waals surface area contributed by atoms with E-state index < -0.39 is 22.4 Å². The lowest BCUT2D eigenvalue weighted by Gasteiger charge is -2.49. The normalized spacial score (nSPS) is 20.9. The number of benzene rings is 4. The number of rotatable bonds is 9. The van der Waals surface area contributed by atoms with Crippen LogP contribution in [0.1, 0.15) is 36.1 Å². The summed E-state index contributed by atoms with van der Waals surface area (Å²) in [4.78, 5) is 29.4.